The average molecular weight is 289 g/mol. The largest absolute Gasteiger partial charge is 0.455 e. The summed E-state index contributed by atoms with van der Waals surface area (Å²) in [5, 5.41) is 2.70. The first-order valence-electron chi connectivity index (χ1n) is 6.84. The molecule has 0 bridgehead atoms. The van der Waals surface area contributed by atoms with Crippen molar-refractivity contribution in [1.82, 2.24) is 5.43 Å². The van der Waals surface area contributed by atoms with Crippen LogP contribution in [0.25, 0.3) is 0 Å². The summed E-state index contributed by atoms with van der Waals surface area (Å²) in [6.45, 7) is 7.88. The van der Waals surface area contributed by atoms with Crippen LogP contribution in [0.4, 0.5) is 0 Å². The van der Waals surface area contributed by atoms with Gasteiger partial charge in [0.15, 0.2) is 6.21 Å². The molecule has 1 heterocycles. The van der Waals surface area contributed by atoms with Crippen LogP contribution in [-0.2, 0) is 9.47 Å². The topological polar surface area (TPSA) is 61.5 Å². The van der Waals surface area contributed by atoms with Crippen LogP contribution in [0, 0.1) is 0 Å². The van der Waals surface area contributed by atoms with Gasteiger partial charge in [-0.2, -0.15) is 0 Å². The van der Waals surface area contributed by atoms with E-state index in [2.05, 4.69) is 10.5 Å². The average Bonchev–Trinajstić information content (AvgIpc) is 2.63. The van der Waals surface area contributed by atoms with E-state index in [9.17, 15) is 4.79 Å². The number of ether oxygens (including phenoxy) is 2. The number of allylic oxidation sites excluding steroid dienone is 1. The lowest BCUT2D eigenvalue weighted by Gasteiger charge is -2.28. The molecule has 1 amide bonds. The molecule has 0 atom stereocenters. The Morgan fingerprint density at radius 3 is 2.24 bits per heavy atom. The number of hydrazone groups is 1. The van der Waals surface area contributed by atoms with Crippen LogP contribution in [0.1, 0.15) is 38.1 Å². The molecule has 0 unspecified atom stereocenters. The summed E-state index contributed by atoms with van der Waals surface area (Å²) in [4.78, 5) is 11.8. The first-order valence-corrected chi connectivity index (χ1v) is 6.84. The summed E-state index contributed by atoms with van der Waals surface area (Å²) < 4.78 is 11.4. The minimum atomic E-state index is -0.403. The van der Waals surface area contributed by atoms with Gasteiger partial charge < -0.3 is 9.47 Å². The van der Waals surface area contributed by atoms with Gasteiger partial charge in [0.05, 0.1) is 6.08 Å². The highest BCUT2D eigenvalue weighted by molar-refractivity contribution is 5.93. The molecule has 0 spiro atoms. The van der Waals surface area contributed by atoms with Gasteiger partial charge in [0.2, 0.25) is 0 Å². The molecule has 0 aromatic heterocycles. The Balaban J connectivity index is 1.92. The molecule has 5 nitrogen and oxygen atoms in total. The van der Waals surface area contributed by atoms with E-state index in [0.717, 1.165) is 0 Å². The second-order valence-corrected chi connectivity index (χ2v) is 5.84. The lowest BCUT2D eigenvalue weighted by Crippen LogP contribution is -2.81. The normalized spacial score (nSPS) is 19.0. The van der Waals surface area contributed by atoms with Gasteiger partial charge in [-0.1, -0.05) is 18.2 Å². The highest BCUT2D eigenvalue weighted by atomic mass is 16.7. The summed E-state index contributed by atoms with van der Waals surface area (Å²) in [6, 6.07) is 8.96. The van der Waals surface area contributed by atoms with Crippen LogP contribution in [0.2, 0.25) is 0 Å². The Morgan fingerprint density at radius 1 is 1.10 bits per heavy atom. The van der Waals surface area contributed by atoms with Crippen LogP contribution < -0.4 is 10.5 Å². The van der Waals surface area contributed by atoms with Gasteiger partial charge in [-0.15, -0.1) is 10.5 Å². The molecular weight excluding hydrogens is 268 g/mol. The Bertz CT molecular complexity index is 556. The molecule has 1 aromatic carbocycles. The van der Waals surface area contributed by atoms with Crippen molar-refractivity contribution in [2.75, 3.05) is 0 Å². The van der Waals surface area contributed by atoms with Crippen LogP contribution in [0.3, 0.4) is 0 Å². The minimum absolute atomic E-state index is 0.209. The van der Waals surface area contributed by atoms with E-state index >= 15 is 0 Å². The molecular formula is C16H21N2O3+. The molecule has 0 aliphatic carbocycles. The summed E-state index contributed by atoms with van der Waals surface area (Å²) in [5.74, 6) is 0.214. The predicted octanol–water partition coefficient (Wildman–Crippen LogP) is 0.928. The third-order valence-corrected chi connectivity index (χ3v) is 3.69. The van der Waals surface area contributed by atoms with Gasteiger partial charge in [-0.05, 0) is 39.8 Å². The number of hydrogen-bond donors (Lipinski definition) is 2. The molecule has 2 rings (SSSR count). The minimum Gasteiger partial charge on any atom is -0.455 e. The molecule has 5 heteroatoms. The zero-order valence-electron chi connectivity index (χ0n) is 12.8. The van der Waals surface area contributed by atoms with Crippen LogP contribution >= 0.6 is 0 Å². The Labute approximate surface area is 124 Å². The van der Waals surface area contributed by atoms with Crippen LogP contribution in [0.15, 0.2) is 42.4 Å². The molecule has 21 heavy (non-hydrogen) atoms. The monoisotopic (exact) mass is 289 g/mol. The fourth-order valence-electron chi connectivity index (χ4n) is 1.72. The second kappa shape index (κ2) is 5.60. The summed E-state index contributed by atoms with van der Waals surface area (Å²) in [5.41, 5.74) is 2.34. The number of nitrogens with one attached hydrogen (secondary N) is 2. The lowest BCUT2D eigenvalue weighted by atomic mass is 9.90. The Hall–Kier alpha value is -2.30. The van der Waals surface area contributed by atoms with Gasteiger partial charge in [0.25, 0.3) is 5.95 Å². The van der Waals surface area contributed by atoms with Crippen molar-refractivity contribution >= 4 is 12.1 Å². The summed E-state index contributed by atoms with van der Waals surface area (Å²) in [7, 11) is 0. The first kappa shape index (κ1) is 15.1. The van der Waals surface area contributed by atoms with Gasteiger partial charge in [0, 0.05) is 5.56 Å². The first-order chi connectivity index (χ1) is 9.82. The number of benzene rings is 1. The molecule has 1 fully saturated rings. The maximum Gasteiger partial charge on any atom is 0.304 e. The van der Waals surface area contributed by atoms with Crippen LogP contribution in [0.5, 0.6) is 0 Å². The van der Waals surface area contributed by atoms with Gasteiger partial charge >= 0.3 is 5.91 Å². The van der Waals surface area contributed by atoms with Crippen molar-refractivity contribution in [3.8, 4) is 0 Å². The number of hydrogen-bond acceptors (Lipinski definition) is 3. The van der Waals surface area contributed by atoms with Gasteiger partial charge in [-0.3, -0.25) is 4.79 Å². The van der Waals surface area contributed by atoms with Crippen molar-refractivity contribution in [3.05, 3.63) is 47.9 Å². The molecule has 1 aromatic rings. The number of carbonyl (C=O) groups is 1. The van der Waals surface area contributed by atoms with Crippen molar-refractivity contribution < 1.29 is 19.4 Å². The molecule has 0 radical (unpaired) electrons. The number of amides is 1. The Kier molecular flexibility index (Phi) is 4.02. The van der Waals surface area contributed by atoms with E-state index in [1.807, 2.05) is 45.9 Å². The van der Waals surface area contributed by atoms with Crippen molar-refractivity contribution in [1.29, 1.82) is 0 Å². The van der Waals surface area contributed by atoms with E-state index in [0.29, 0.717) is 11.5 Å². The molecule has 112 valence electrons. The van der Waals surface area contributed by atoms with Gasteiger partial charge in [-0.25, -0.2) is 0 Å². The zero-order valence-corrected chi connectivity index (χ0v) is 12.8. The highest BCUT2D eigenvalue weighted by Gasteiger charge is 2.48. The fourth-order valence-corrected chi connectivity index (χ4v) is 1.72. The standard InChI is InChI=1S/C16H20N2O3/c1-15(2)16(3,4)21-13(20-15)10-11-17-18-14(19)12-8-6-5-7-9-12/h5-11H,1-4H3,(H,18,19)/p+1/b17-11+. The zero-order chi connectivity index (χ0) is 15.5. The highest BCUT2D eigenvalue weighted by Crippen LogP contribution is 2.39. The summed E-state index contributed by atoms with van der Waals surface area (Å²) >= 11 is 0. The molecule has 1 aliphatic rings. The second-order valence-electron chi connectivity index (χ2n) is 5.84. The summed E-state index contributed by atoms with van der Waals surface area (Å²) in [6.07, 6.45) is 3.20. The van der Waals surface area contributed by atoms with Crippen molar-refractivity contribution in [2.24, 2.45) is 0 Å². The Morgan fingerprint density at radius 2 is 1.67 bits per heavy atom. The van der Waals surface area contributed by atoms with Gasteiger partial charge in [0.1, 0.15) is 11.2 Å². The lowest BCUT2D eigenvalue weighted by molar-refractivity contribution is -0.502. The third-order valence-electron chi connectivity index (χ3n) is 3.69. The number of carbonyl (C=O) groups excluding carboxylic acids is 1. The molecule has 2 N–H and O–H groups in total. The molecule has 1 saturated heterocycles. The predicted molar refractivity (Wildman–Crippen MR) is 79.3 cm³/mol. The SMILES string of the molecule is CC1(C)OC(=C/C=[NH+]/NC(=O)c2ccccc2)OC1(C)C. The number of rotatable bonds is 3. The van der Waals surface area contributed by atoms with E-state index in [-0.39, 0.29) is 5.91 Å². The van der Waals surface area contributed by atoms with E-state index in [4.69, 9.17) is 9.47 Å². The van der Waals surface area contributed by atoms with E-state index in [1.54, 1.807) is 24.4 Å². The quantitative estimate of drug-likeness (QED) is 0.643. The molecule has 0 saturated carbocycles. The smallest absolute Gasteiger partial charge is 0.304 e. The fraction of sp³-hybridized carbons (Fsp3) is 0.375. The van der Waals surface area contributed by atoms with E-state index < -0.39 is 11.2 Å². The van der Waals surface area contributed by atoms with Crippen molar-refractivity contribution in [2.45, 2.75) is 38.9 Å². The maximum atomic E-state index is 11.8. The van der Waals surface area contributed by atoms with Crippen molar-refractivity contribution in [3.63, 3.8) is 0 Å². The molecule has 1 aliphatic heterocycles. The van der Waals surface area contributed by atoms with Crippen LogP contribution in [-0.4, -0.2) is 23.3 Å². The maximum absolute atomic E-state index is 11.8. The van der Waals surface area contributed by atoms with E-state index in [1.165, 1.54) is 0 Å². The number of hydrazine groups is 1. The third kappa shape index (κ3) is 3.42.